The van der Waals surface area contributed by atoms with E-state index in [0.717, 1.165) is 17.9 Å². The molecule has 5 nitrogen and oxygen atoms in total. The van der Waals surface area contributed by atoms with Crippen molar-refractivity contribution in [3.63, 3.8) is 0 Å². The zero-order chi connectivity index (χ0) is 10.4. The van der Waals surface area contributed by atoms with Gasteiger partial charge in [-0.2, -0.15) is 0 Å². The van der Waals surface area contributed by atoms with Crippen LogP contribution in [0.4, 0.5) is 5.00 Å². The second-order valence-electron chi connectivity index (χ2n) is 2.42. The molecule has 74 valence electrons. The lowest BCUT2D eigenvalue weighted by atomic mass is 10.4. The van der Waals surface area contributed by atoms with Gasteiger partial charge in [-0.15, -0.1) is 0 Å². The normalized spacial score (nSPS) is 9.21. The van der Waals surface area contributed by atoms with Gasteiger partial charge < -0.3 is 5.32 Å². The minimum atomic E-state index is -0.462. The van der Waals surface area contributed by atoms with Crippen LogP contribution < -0.4 is 5.32 Å². The Kier molecular flexibility index (Phi) is 4.04. The summed E-state index contributed by atoms with van der Waals surface area (Å²) in [7, 11) is 1.84. The summed E-state index contributed by atoms with van der Waals surface area (Å²) in [5.74, 6) is 5.64. The van der Waals surface area contributed by atoms with Crippen LogP contribution >= 0.6 is 11.3 Å². The van der Waals surface area contributed by atoms with Crippen molar-refractivity contribution in [2.45, 2.75) is 6.42 Å². The van der Waals surface area contributed by atoms with Crippen molar-refractivity contribution >= 4 is 16.3 Å². The second-order valence-corrected chi connectivity index (χ2v) is 3.43. The number of aromatic nitrogens is 1. The molecule has 0 saturated carbocycles. The summed E-state index contributed by atoms with van der Waals surface area (Å²) in [6, 6.07) is 0. The molecule has 1 rings (SSSR count). The van der Waals surface area contributed by atoms with Gasteiger partial charge >= 0.3 is 5.00 Å². The predicted molar refractivity (Wildman–Crippen MR) is 54.2 cm³/mol. The Morgan fingerprint density at radius 2 is 2.57 bits per heavy atom. The van der Waals surface area contributed by atoms with Gasteiger partial charge in [-0.25, -0.2) is 4.98 Å². The number of nitrogens with one attached hydrogen (secondary N) is 1. The van der Waals surface area contributed by atoms with E-state index >= 15 is 0 Å². The zero-order valence-electron chi connectivity index (χ0n) is 7.61. The Morgan fingerprint density at radius 1 is 1.79 bits per heavy atom. The number of hydrogen-bond donors (Lipinski definition) is 1. The molecule has 1 heterocycles. The first kappa shape index (κ1) is 10.6. The summed E-state index contributed by atoms with van der Waals surface area (Å²) in [5, 5.41) is 13.8. The smallest absolute Gasteiger partial charge is 0.319 e. The summed E-state index contributed by atoms with van der Waals surface area (Å²) >= 11 is 0.995. The van der Waals surface area contributed by atoms with Crippen molar-refractivity contribution in [2.24, 2.45) is 0 Å². The highest BCUT2D eigenvalue weighted by atomic mass is 32.1. The molecule has 1 aromatic rings. The zero-order valence-corrected chi connectivity index (χ0v) is 8.43. The molecule has 1 N–H and O–H groups in total. The lowest BCUT2D eigenvalue weighted by Gasteiger charge is -1.86. The lowest BCUT2D eigenvalue weighted by molar-refractivity contribution is -0.380. The number of rotatable bonds is 3. The van der Waals surface area contributed by atoms with Crippen molar-refractivity contribution in [1.82, 2.24) is 10.3 Å². The molecular weight excluding hydrogens is 202 g/mol. The van der Waals surface area contributed by atoms with Crippen molar-refractivity contribution in [3.05, 3.63) is 21.3 Å². The van der Waals surface area contributed by atoms with Gasteiger partial charge in [-0.05, 0) is 24.3 Å². The summed E-state index contributed by atoms with van der Waals surface area (Å²) < 4.78 is 0. The van der Waals surface area contributed by atoms with E-state index in [1.165, 1.54) is 6.20 Å². The molecule has 0 aromatic carbocycles. The van der Waals surface area contributed by atoms with E-state index in [2.05, 4.69) is 22.1 Å². The Hall–Kier alpha value is -1.45. The largest absolute Gasteiger partial charge is 0.344 e. The minimum absolute atomic E-state index is 0.0305. The molecule has 6 heteroatoms. The summed E-state index contributed by atoms with van der Waals surface area (Å²) in [5.41, 5.74) is 0. The van der Waals surface area contributed by atoms with Gasteiger partial charge in [0.15, 0.2) is 5.01 Å². The highest BCUT2D eigenvalue weighted by Gasteiger charge is 2.09. The summed E-state index contributed by atoms with van der Waals surface area (Å²) in [4.78, 5) is 13.7. The average molecular weight is 211 g/mol. The van der Waals surface area contributed by atoms with E-state index in [1.54, 1.807) is 0 Å². The van der Waals surface area contributed by atoms with E-state index in [-0.39, 0.29) is 5.00 Å². The third-order valence-electron chi connectivity index (χ3n) is 1.37. The number of thiazole rings is 1. The fourth-order valence-corrected chi connectivity index (χ4v) is 1.34. The summed E-state index contributed by atoms with van der Waals surface area (Å²) in [6.07, 6.45) is 1.94. The average Bonchev–Trinajstić information content (AvgIpc) is 2.61. The molecule has 0 aliphatic heterocycles. The molecule has 0 aliphatic carbocycles. The van der Waals surface area contributed by atoms with Crippen molar-refractivity contribution in [1.29, 1.82) is 0 Å². The molecule has 14 heavy (non-hydrogen) atoms. The first-order valence-electron chi connectivity index (χ1n) is 3.97. The van der Waals surface area contributed by atoms with Crippen molar-refractivity contribution in [3.8, 4) is 11.8 Å². The van der Waals surface area contributed by atoms with Crippen LogP contribution in [-0.2, 0) is 0 Å². The second kappa shape index (κ2) is 5.32. The molecule has 0 radical (unpaired) electrons. The molecule has 0 fully saturated rings. The van der Waals surface area contributed by atoms with Gasteiger partial charge in [-0.3, -0.25) is 10.1 Å². The molecule has 0 bridgehead atoms. The fourth-order valence-electron chi connectivity index (χ4n) is 0.733. The van der Waals surface area contributed by atoms with Crippen LogP contribution in [0.15, 0.2) is 6.20 Å². The first-order chi connectivity index (χ1) is 6.74. The predicted octanol–water partition coefficient (Wildman–Crippen LogP) is 1.01. The van der Waals surface area contributed by atoms with Crippen LogP contribution in [0.1, 0.15) is 11.4 Å². The third-order valence-corrected chi connectivity index (χ3v) is 2.23. The van der Waals surface area contributed by atoms with Gasteiger partial charge in [0.2, 0.25) is 0 Å². The maximum absolute atomic E-state index is 10.3. The van der Waals surface area contributed by atoms with E-state index in [4.69, 9.17) is 0 Å². The third kappa shape index (κ3) is 3.12. The maximum atomic E-state index is 10.3. The SMILES string of the molecule is CNCCC#Cc1ncc([N+](=O)[O-])s1. The molecule has 0 amide bonds. The molecule has 1 aromatic heterocycles. The maximum Gasteiger partial charge on any atom is 0.344 e. The molecule has 0 spiro atoms. The highest BCUT2D eigenvalue weighted by Crippen LogP contribution is 2.19. The number of nitrogens with zero attached hydrogens (tertiary/aromatic N) is 2. The lowest BCUT2D eigenvalue weighted by Crippen LogP contribution is -2.05. The van der Waals surface area contributed by atoms with E-state index < -0.39 is 4.92 Å². The molecule has 0 aliphatic rings. The van der Waals surface area contributed by atoms with Gasteiger partial charge in [-0.1, -0.05) is 5.92 Å². The van der Waals surface area contributed by atoms with Crippen LogP contribution in [0.25, 0.3) is 0 Å². The number of nitro groups is 1. The minimum Gasteiger partial charge on any atom is -0.319 e. The van der Waals surface area contributed by atoms with Crippen LogP contribution in [0, 0.1) is 22.0 Å². The summed E-state index contributed by atoms with van der Waals surface area (Å²) in [6.45, 7) is 0.806. The molecule has 0 atom stereocenters. The standard InChI is InChI=1S/C8H9N3O2S/c1-9-5-3-2-4-7-10-6-8(14-7)11(12)13/h6,9H,3,5H2,1H3. The van der Waals surface area contributed by atoms with E-state index in [1.807, 2.05) is 7.05 Å². The van der Waals surface area contributed by atoms with E-state index in [9.17, 15) is 10.1 Å². The topological polar surface area (TPSA) is 68.1 Å². The Morgan fingerprint density at radius 3 is 3.14 bits per heavy atom. The van der Waals surface area contributed by atoms with Crippen molar-refractivity contribution < 1.29 is 4.92 Å². The Balaban J connectivity index is 2.58. The molecule has 0 saturated heterocycles. The van der Waals surface area contributed by atoms with Crippen LogP contribution in [0.2, 0.25) is 0 Å². The van der Waals surface area contributed by atoms with Crippen LogP contribution in [0.5, 0.6) is 0 Å². The molecular formula is C8H9N3O2S. The van der Waals surface area contributed by atoms with Gasteiger partial charge in [0, 0.05) is 13.0 Å². The van der Waals surface area contributed by atoms with Crippen LogP contribution in [-0.4, -0.2) is 23.5 Å². The quantitative estimate of drug-likeness (QED) is 0.350. The molecule has 0 unspecified atom stereocenters. The fraction of sp³-hybridized carbons (Fsp3) is 0.375. The highest BCUT2D eigenvalue weighted by molar-refractivity contribution is 7.15. The van der Waals surface area contributed by atoms with Crippen LogP contribution in [0.3, 0.4) is 0 Å². The van der Waals surface area contributed by atoms with E-state index in [0.29, 0.717) is 11.4 Å². The number of hydrogen-bond acceptors (Lipinski definition) is 5. The van der Waals surface area contributed by atoms with Gasteiger partial charge in [0.1, 0.15) is 6.20 Å². The Bertz CT molecular complexity index is 377. The Labute approximate surface area is 85.3 Å². The van der Waals surface area contributed by atoms with Gasteiger partial charge in [0.05, 0.1) is 4.92 Å². The monoisotopic (exact) mass is 211 g/mol. The van der Waals surface area contributed by atoms with Crippen molar-refractivity contribution in [2.75, 3.05) is 13.6 Å². The first-order valence-corrected chi connectivity index (χ1v) is 4.79. The van der Waals surface area contributed by atoms with Gasteiger partial charge in [0.25, 0.3) is 0 Å².